The molecule has 1 aromatic heterocycles. The van der Waals surface area contributed by atoms with E-state index in [4.69, 9.17) is 9.84 Å². The Balaban J connectivity index is 1.53. The minimum atomic E-state index is 0.335. The van der Waals surface area contributed by atoms with Crippen LogP contribution < -0.4 is 5.32 Å². The van der Waals surface area contributed by atoms with Gasteiger partial charge in [-0.3, -0.25) is 4.68 Å². The van der Waals surface area contributed by atoms with Crippen LogP contribution in [0.5, 0.6) is 0 Å². The zero-order valence-corrected chi connectivity index (χ0v) is 11.1. The summed E-state index contributed by atoms with van der Waals surface area (Å²) in [6.07, 6.45) is 8.89. The van der Waals surface area contributed by atoms with Gasteiger partial charge in [-0.2, -0.15) is 5.10 Å². The molecule has 1 aliphatic carbocycles. The van der Waals surface area contributed by atoms with E-state index in [0.29, 0.717) is 18.2 Å². The molecule has 0 radical (unpaired) electrons. The van der Waals surface area contributed by atoms with E-state index in [1.165, 1.54) is 25.7 Å². The summed E-state index contributed by atoms with van der Waals surface area (Å²) < 4.78 is 7.72. The van der Waals surface area contributed by atoms with E-state index in [0.717, 1.165) is 25.3 Å². The predicted octanol–water partition coefficient (Wildman–Crippen LogP) is 2.27. The monoisotopic (exact) mass is 249 g/mol. The SMILES string of the molecule is CC1OCCC1NCc1ccn(C2CCCC2)n1. The Morgan fingerprint density at radius 2 is 2.22 bits per heavy atom. The van der Waals surface area contributed by atoms with Crippen molar-refractivity contribution in [3.63, 3.8) is 0 Å². The quantitative estimate of drug-likeness (QED) is 0.889. The topological polar surface area (TPSA) is 39.1 Å². The summed E-state index contributed by atoms with van der Waals surface area (Å²) in [5, 5.41) is 8.24. The number of nitrogens with one attached hydrogen (secondary N) is 1. The third-order valence-corrected chi connectivity index (χ3v) is 4.28. The molecule has 0 aromatic carbocycles. The van der Waals surface area contributed by atoms with Crippen LogP contribution in [0.3, 0.4) is 0 Å². The predicted molar refractivity (Wildman–Crippen MR) is 70.4 cm³/mol. The van der Waals surface area contributed by atoms with Gasteiger partial charge in [-0.1, -0.05) is 12.8 Å². The van der Waals surface area contributed by atoms with Crippen molar-refractivity contribution in [3.8, 4) is 0 Å². The van der Waals surface area contributed by atoms with E-state index in [1.807, 2.05) is 0 Å². The maximum atomic E-state index is 5.55. The fourth-order valence-electron chi connectivity index (χ4n) is 3.08. The third-order valence-electron chi connectivity index (χ3n) is 4.28. The molecule has 0 spiro atoms. The number of nitrogens with zero attached hydrogens (tertiary/aromatic N) is 2. The van der Waals surface area contributed by atoms with Crippen LogP contribution in [0.1, 0.15) is 50.8 Å². The van der Waals surface area contributed by atoms with Gasteiger partial charge in [0, 0.05) is 25.4 Å². The smallest absolute Gasteiger partial charge is 0.0762 e. The molecule has 18 heavy (non-hydrogen) atoms. The Labute approximate surface area is 109 Å². The molecule has 1 aromatic rings. The second-order valence-corrected chi connectivity index (χ2v) is 5.58. The molecule has 1 saturated carbocycles. The first kappa shape index (κ1) is 12.2. The largest absolute Gasteiger partial charge is 0.377 e. The van der Waals surface area contributed by atoms with Crippen molar-refractivity contribution in [2.45, 2.75) is 63.8 Å². The van der Waals surface area contributed by atoms with Crippen molar-refractivity contribution in [2.24, 2.45) is 0 Å². The van der Waals surface area contributed by atoms with E-state index < -0.39 is 0 Å². The summed E-state index contributed by atoms with van der Waals surface area (Å²) in [6.45, 7) is 3.88. The fourth-order valence-corrected chi connectivity index (χ4v) is 3.08. The first-order valence-corrected chi connectivity index (χ1v) is 7.22. The van der Waals surface area contributed by atoms with Crippen molar-refractivity contribution in [2.75, 3.05) is 6.61 Å². The molecular weight excluding hydrogens is 226 g/mol. The second-order valence-electron chi connectivity index (χ2n) is 5.58. The van der Waals surface area contributed by atoms with Crippen LogP contribution in [0.4, 0.5) is 0 Å². The van der Waals surface area contributed by atoms with Crippen molar-refractivity contribution in [1.82, 2.24) is 15.1 Å². The molecule has 2 atom stereocenters. The Hall–Kier alpha value is -0.870. The zero-order chi connectivity index (χ0) is 12.4. The lowest BCUT2D eigenvalue weighted by atomic mass is 10.1. The standard InChI is InChI=1S/C14H23N3O/c1-11-14(7-9-18-11)15-10-12-6-8-17(16-12)13-4-2-3-5-13/h6,8,11,13-15H,2-5,7,9-10H2,1H3. The van der Waals surface area contributed by atoms with Crippen molar-refractivity contribution in [1.29, 1.82) is 0 Å². The number of hydrogen-bond acceptors (Lipinski definition) is 3. The highest BCUT2D eigenvalue weighted by atomic mass is 16.5. The molecule has 4 heteroatoms. The molecule has 1 saturated heterocycles. The molecular formula is C14H23N3O. The van der Waals surface area contributed by atoms with Gasteiger partial charge in [-0.15, -0.1) is 0 Å². The molecule has 2 unspecified atom stereocenters. The number of hydrogen-bond donors (Lipinski definition) is 1. The molecule has 0 amide bonds. The summed E-state index contributed by atoms with van der Waals surface area (Å²) in [5.74, 6) is 0. The minimum absolute atomic E-state index is 0.335. The molecule has 4 nitrogen and oxygen atoms in total. The summed E-state index contributed by atoms with van der Waals surface area (Å²) in [6, 6.07) is 3.28. The summed E-state index contributed by atoms with van der Waals surface area (Å²) >= 11 is 0. The summed E-state index contributed by atoms with van der Waals surface area (Å²) in [4.78, 5) is 0. The van der Waals surface area contributed by atoms with E-state index in [1.54, 1.807) is 0 Å². The first-order valence-electron chi connectivity index (χ1n) is 7.22. The molecule has 1 N–H and O–H groups in total. The van der Waals surface area contributed by atoms with Crippen LogP contribution in [0, 0.1) is 0 Å². The van der Waals surface area contributed by atoms with Gasteiger partial charge in [0.05, 0.1) is 17.8 Å². The average molecular weight is 249 g/mol. The Morgan fingerprint density at radius 1 is 1.39 bits per heavy atom. The molecule has 2 heterocycles. The van der Waals surface area contributed by atoms with E-state index in [9.17, 15) is 0 Å². The lowest BCUT2D eigenvalue weighted by molar-refractivity contribution is 0.113. The second kappa shape index (κ2) is 5.41. The average Bonchev–Trinajstić information content (AvgIpc) is 3.08. The van der Waals surface area contributed by atoms with Crippen molar-refractivity contribution < 1.29 is 4.74 Å². The van der Waals surface area contributed by atoms with Crippen LogP contribution in [0.25, 0.3) is 0 Å². The lowest BCUT2D eigenvalue weighted by Crippen LogP contribution is -2.34. The molecule has 3 rings (SSSR count). The van der Waals surface area contributed by atoms with Gasteiger partial charge in [0.25, 0.3) is 0 Å². The highest BCUT2D eigenvalue weighted by Crippen LogP contribution is 2.28. The number of aromatic nitrogens is 2. The molecule has 100 valence electrons. The van der Waals surface area contributed by atoms with E-state index >= 15 is 0 Å². The van der Waals surface area contributed by atoms with Crippen LogP contribution >= 0.6 is 0 Å². The normalized spacial score (nSPS) is 29.2. The van der Waals surface area contributed by atoms with Crippen LogP contribution in [-0.2, 0) is 11.3 Å². The van der Waals surface area contributed by atoms with Crippen molar-refractivity contribution >= 4 is 0 Å². The highest BCUT2D eigenvalue weighted by molar-refractivity contribution is 5.00. The summed E-state index contributed by atoms with van der Waals surface area (Å²) in [5.41, 5.74) is 1.15. The van der Waals surface area contributed by atoms with E-state index in [-0.39, 0.29) is 0 Å². The maximum absolute atomic E-state index is 5.55. The van der Waals surface area contributed by atoms with Crippen molar-refractivity contribution in [3.05, 3.63) is 18.0 Å². The molecule has 2 aliphatic rings. The van der Waals surface area contributed by atoms with Gasteiger partial charge in [0.15, 0.2) is 0 Å². The minimum Gasteiger partial charge on any atom is -0.377 e. The van der Waals surface area contributed by atoms with Gasteiger partial charge >= 0.3 is 0 Å². The Bertz CT molecular complexity index is 384. The maximum Gasteiger partial charge on any atom is 0.0762 e. The lowest BCUT2D eigenvalue weighted by Gasteiger charge is -2.15. The first-order chi connectivity index (χ1) is 8.83. The molecule has 2 fully saturated rings. The van der Waals surface area contributed by atoms with Gasteiger partial charge in [-0.05, 0) is 32.3 Å². The van der Waals surface area contributed by atoms with Crippen LogP contribution in [0.15, 0.2) is 12.3 Å². The number of ether oxygens (including phenoxy) is 1. The summed E-state index contributed by atoms with van der Waals surface area (Å²) in [7, 11) is 0. The molecule has 1 aliphatic heterocycles. The van der Waals surface area contributed by atoms with Gasteiger partial charge < -0.3 is 10.1 Å². The van der Waals surface area contributed by atoms with E-state index in [2.05, 4.69) is 29.2 Å². The highest BCUT2D eigenvalue weighted by Gasteiger charge is 2.23. The van der Waals surface area contributed by atoms with Gasteiger partial charge in [0.2, 0.25) is 0 Å². The molecule has 0 bridgehead atoms. The zero-order valence-electron chi connectivity index (χ0n) is 11.1. The van der Waals surface area contributed by atoms with Gasteiger partial charge in [-0.25, -0.2) is 0 Å². The van der Waals surface area contributed by atoms with Crippen LogP contribution in [0.2, 0.25) is 0 Å². The van der Waals surface area contributed by atoms with Crippen LogP contribution in [-0.4, -0.2) is 28.5 Å². The van der Waals surface area contributed by atoms with Gasteiger partial charge in [0.1, 0.15) is 0 Å². The Morgan fingerprint density at radius 3 is 2.94 bits per heavy atom. The Kier molecular flexibility index (Phi) is 3.66. The number of rotatable bonds is 4. The third kappa shape index (κ3) is 2.59. The fraction of sp³-hybridized carbons (Fsp3) is 0.786.